The number of aromatic nitrogens is 2. The van der Waals surface area contributed by atoms with Gasteiger partial charge in [0.05, 0.1) is 30.1 Å². The van der Waals surface area contributed by atoms with Crippen molar-refractivity contribution < 1.29 is 24.2 Å². The van der Waals surface area contributed by atoms with Gasteiger partial charge in [-0.05, 0) is 49.1 Å². The van der Waals surface area contributed by atoms with Crippen molar-refractivity contribution in [3.05, 3.63) is 81.7 Å². The van der Waals surface area contributed by atoms with Gasteiger partial charge in [-0.2, -0.15) is 0 Å². The number of ether oxygens (including phenoxy) is 1. The molecule has 2 aromatic heterocycles. The van der Waals surface area contributed by atoms with E-state index in [0.29, 0.717) is 17.7 Å². The number of para-hydroxylation sites is 2. The molecule has 2 atom stereocenters. The van der Waals surface area contributed by atoms with Gasteiger partial charge in [0.25, 0.3) is 0 Å². The van der Waals surface area contributed by atoms with Crippen LogP contribution in [0.1, 0.15) is 61.6 Å². The topological polar surface area (TPSA) is 127 Å². The molecule has 0 fully saturated rings. The molecule has 0 aliphatic heterocycles. The van der Waals surface area contributed by atoms with Gasteiger partial charge in [0.1, 0.15) is 11.6 Å². The van der Waals surface area contributed by atoms with Crippen LogP contribution in [-0.4, -0.2) is 32.8 Å². The standard InChI is InChI=1S/C29H33N3O6/c1-16(2)12-21(29-31-20-8-6-7-9-22(20)32(29)4)30-26(35)15-19(18-10-11-23(33)25(14-18)37-5)28-27(36)24(34)13-17(3)38-28/h6-11,13-14,16,19,21,33,36H,12,15H2,1-5H3,(H,30,35)/t19-,21+/m1/s1. The summed E-state index contributed by atoms with van der Waals surface area (Å²) in [6.45, 7) is 5.75. The van der Waals surface area contributed by atoms with Crippen LogP contribution >= 0.6 is 0 Å². The molecule has 4 aromatic rings. The van der Waals surface area contributed by atoms with E-state index in [1.807, 2.05) is 35.9 Å². The maximum absolute atomic E-state index is 13.6. The highest BCUT2D eigenvalue weighted by Gasteiger charge is 2.29. The number of carbonyl (C=O) groups is 1. The van der Waals surface area contributed by atoms with Crippen molar-refractivity contribution in [3.8, 4) is 17.2 Å². The van der Waals surface area contributed by atoms with Gasteiger partial charge in [-0.25, -0.2) is 4.98 Å². The average Bonchev–Trinajstić information content (AvgIpc) is 3.21. The largest absolute Gasteiger partial charge is 0.504 e. The van der Waals surface area contributed by atoms with E-state index < -0.39 is 17.1 Å². The predicted octanol–water partition coefficient (Wildman–Crippen LogP) is 4.68. The Morgan fingerprint density at radius 2 is 1.89 bits per heavy atom. The SMILES string of the molecule is COc1cc([C@@H](CC(=O)N[C@@H](CC(C)C)c2nc3ccccc3n2C)c2oc(C)cc(=O)c2O)ccc1O. The van der Waals surface area contributed by atoms with Gasteiger partial charge in [-0.1, -0.05) is 32.0 Å². The second-order valence-corrected chi connectivity index (χ2v) is 9.89. The van der Waals surface area contributed by atoms with Crippen LogP contribution in [0.15, 0.2) is 57.7 Å². The van der Waals surface area contributed by atoms with Crippen LogP contribution in [0.25, 0.3) is 11.0 Å². The summed E-state index contributed by atoms with van der Waals surface area (Å²) in [5.74, 6) is -0.294. The van der Waals surface area contributed by atoms with Crippen LogP contribution in [0.3, 0.4) is 0 Å². The van der Waals surface area contributed by atoms with Crippen LogP contribution in [0.2, 0.25) is 0 Å². The highest BCUT2D eigenvalue weighted by atomic mass is 16.5. The quantitative estimate of drug-likeness (QED) is 0.293. The van der Waals surface area contributed by atoms with Crippen molar-refractivity contribution in [1.29, 1.82) is 0 Å². The Morgan fingerprint density at radius 1 is 1.16 bits per heavy atom. The lowest BCUT2D eigenvalue weighted by atomic mass is 9.91. The Kier molecular flexibility index (Phi) is 7.75. The van der Waals surface area contributed by atoms with E-state index in [1.54, 1.807) is 19.1 Å². The fourth-order valence-electron chi connectivity index (χ4n) is 4.75. The summed E-state index contributed by atoms with van der Waals surface area (Å²) in [7, 11) is 3.34. The lowest BCUT2D eigenvalue weighted by molar-refractivity contribution is -0.122. The smallest absolute Gasteiger partial charge is 0.227 e. The van der Waals surface area contributed by atoms with E-state index in [-0.39, 0.29) is 41.5 Å². The number of amides is 1. The molecule has 9 nitrogen and oxygen atoms in total. The molecule has 2 heterocycles. The van der Waals surface area contributed by atoms with Gasteiger partial charge in [0.15, 0.2) is 17.3 Å². The molecule has 0 saturated heterocycles. The summed E-state index contributed by atoms with van der Waals surface area (Å²) in [5.41, 5.74) is 1.74. The third-order valence-corrected chi connectivity index (χ3v) is 6.56. The normalized spacial score (nSPS) is 13.0. The Hall–Kier alpha value is -4.27. The summed E-state index contributed by atoms with van der Waals surface area (Å²) < 4.78 is 13.0. The Labute approximate surface area is 220 Å². The van der Waals surface area contributed by atoms with Gasteiger partial charge in [-0.3, -0.25) is 9.59 Å². The second-order valence-electron chi connectivity index (χ2n) is 9.89. The number of hydrogen-bond acceptors (Lipinski definition) is 7. The van der Waals surface area contributed by atoms with E-state index in [2.05, 4.69) is 19.2 Å². The molecule has 0 aliphatic carbocycles. The van der Waals surface area contributed by atoms with Crippen LogP contribution in [0.5, 0.6) is 17.2 Å². The Morgan fingerprint density at radius 3 is 2.58 bits per heavy atom. The minimum absolute atomic E-state index is 0.0268. The number of nitrogens with zero attached hydrogens (tertiary/aromatic N) is 2. The number of nitrogens with one attached hydrogen (secondary N) is 1. The third-order valence-electron chi connectivity index (χ3n) is 6.56. The number of hydrogen-bond donors (Lipinski definition) is 3. The highest BCUT2D eigenvalue weighted by Crippen LogP contribution is 2.37. The highest BCUT2D eigenvalue weighted by molar-refractivity contribution is 5.79. The fraction of sp³-hybridized carbons (Fsp3) is 0.345. The number of benzene rings is 2. The predicted molar refractivity (Wildman–Crippen MR) is 144 cm³/mol. The number of methoxy groups -OCH3 is 1. The number of rotatable bonds is 9. The first-order valence-electron chi connectivity index (χ1n) is 12.5. The zero-order valence-electron chi connectivity index (χ0n) is 22.2. The van der Waals surface area contributed by atoms with Crippen LogP contribution < -0.4 is 15.5 Å². The number of aromatic hydroxyl groups is 2. The lowest BCUT2D eigenvalue weighted by Gasteiger charge is -2.23. The first-order chi connectivity index (χ1) is 18.1. The van der Waals surface area contributed by atoms with Crippen LogP contribution in [0.4, 0.5) is 0 Å². The Bertz CT molecular complexity index is 1520. The van der Waals surface area contributed by atoms with Crippen LogP contribution in [-0.2, 0) is 11.8 Å². The van der Waals surface area contributed by atoms with E-state index in [1.165, 1.54) is 19.2 Å². The number of aryl methyl sites for hydroxylation is 2. The first kappa shape index (κ1) is 26.8. The summed E-state index contributed by atoms with van der Waals surface area (Å²) in [6, 6.07) is 13.2. The molecular formula is C29H33N3O6. The van der Waals surface area contributed by atoms with Crippen molar-refractivity contribution in [2.24, 2.45) is 13.0 Å². The summed E-state index contributed by atoms with van der Waals surface area (Å²) in [6.07, 6.45) is 0.526. The zero-order chi connectivity index (χ0) is 27.6. The molecule has 2 aromatic carbocycles. The zero-order valence-corrected chi connectivity index (χ0v) is 22.2. The second kappa shape index (κ2) is 11.0. The van der Waals surface area contributed by atoms with E-state index in [9.17, 15) is 19.8 Å². The molecule has 0 radical (unpaired) electrons. The molecule has 200 valence electrons. The molecule has 0 saturated carbocycles. The maximum Gasteiger partial charge on any atom is 0.227 e. The number of phenols is 1. The molecule has 0 aliphatic rings. The monoisotopic (exact) mass is 519 g/mol. The van der Waals surface area contributed by atoms with Gasteiger partial charge in [0.2, 0.25) is 17.1 Å². The molecule has 38 heavy (non-hydrogen) atoms. The van der Waals surface area contributed by atoms with Crippen LogP contribution in [0, 0.1) is 12.8 Å². The van der Waals surface area contributed by atoms with Crippen molar-refractivity contribution in [1.82, 2.24) is 14.9 Å². The van der Waals surface area contributed by atoms with Crippen molar-refractivity contribution in [3.63, 3.8) is 0 Å². The van der Waals surface area contributed by atoms with E-state index >= 15 is 0 Å². The lowest BCUT2D eigenvalue weighted by Crippen LogP contribution is -2.32. The number of carbonyl (C=O) groups excluding carboxylic acids is 1. The third kappa shape index (κ3) is 5.51. The summed E-state index contributed by atoms with van der Waals surface area (Å²) in [5, 5.41) is 23.8. The maximum atomic E-state index is 13.6. The average molecular weight is 520 g/mol. The van der Waals surface area contributed by atoms with Gasteiger partial charge < -0.3 is 29.3 Å². The number of phenolic OH excluding ortho intramolecular Hbond substituents is 1. The molecule has 0 spiro atoms. The van der Waals surface area contributed by atoms with E-state index in [0.717, 1.165) is 16.9 Å². The molecule has 9 heteroatoms. The number of fused-ring (bicyclic) bond motifs is 1. The Balaban J connectivity index is 1.72. The number of imidazole rings is 1. The summed E-state index contributed by atoms with van der Waals surface area (Å²) in [4.78, 5) is 30.7. The van der Waals surface area contributed by atoms with E-state index in [4.69, 9.17) is 14.1 Å². The van der Waals surface area contributed by atoms with Crippen molar-refractivity contribution in [2.75, 3.05) is 7.11 Å². The van der Waals surface area contributed by atoms with Gasteiger partial charge in [-0.15, -0.1) is 0 Å². The minimum atomic E-state index is -0.822. The molecule has 0 bridgehead atoms. The molecule has 4 rings (SSSR count). The van der Waals surface area contributed by atoms with Gasteiger partial charge in [0, 0.05) is 19.5 Å². The van der Waals surface area contributed by atoms with Crippen molar-refractivity contribution >= 4 is 16.9 Å². The first-order valence-corrected chi connectivity index (χ1v) is 12.5. The molecule has 3 N–H and O–H groups in total. The molecule has 1 amide bonds. The van der Waals surface area contributed by atoms with Gasteiger partial charge >= 0.3 is 0 Å². The fourth-order valence-corrected chi connectivity index (χ4v) is 4.75. The summed E-state index contributed by atoms with van der Waals surface area (Å²) >= 11 is 0. The molecule has 0 unspecified atom stereocenters. The minimum Gasteiger partial charge on any atom is -0.504 e. The van der Waals surface area contributed by atoms with Crippen molar-refractivity contribution in [2.45, 2.75) is 45.6 Å². The molecular weight excluding hydrogens is 486 g/mol.